The van der Waals surface area contributed by atoms with Crippen molar-refractivity contribution in [1.29, 1.82) is 0 Å². The van der Waals surface area contributed by atoms with Crippen molar-refractivity contribution >= 4 is 11.9 Å². The fraction of sp³-hybridized carbons (Fsp3) is 0.600. The number of carbonyl (C=O) groups is 2. The Hall–Kier alpha value is -1.32. The first-order chi connectivity index (χ1) is 6.49. The molecule has 0 amide bonds. The van der Waals surface area contributed by atoms with Gasteiger partial charge in [-0.2, -0.15) is 0 Å². The lowest BCUT2D eigenvalue weighted by Crippen LogP contribution is -2.14. The van der Waals surface area contributed by atoms with Gasteiger partial charge in [0, 0.05) is 5.57 Å². The molecule has 0 aromatic rings. The third-order valence-electron chi connectivity index (χ3n) is 1.72. The Labute approximate surface area is 83.6 Å². The number of carboxylic acids is 1. The molecular weight excluding hydrogens is 184 g/mol. The lowest BCUT2D eigenvalue weighted by atomic mass is 10.0. The zero-order chi connectivity index (χ0) is 11.1. The first-order valence-electron chi connectivity index (χ1n) is 4.54. The summed E-state index contributed by atoms with van der Waals surface area (Å²) >= 11 is 0. The molecule has 0 aromatic heterocycles. The number of rotatable bonds is 5. The molecular formula is C10H16O4. The minimum absolute atomic E-state index is 0.0712. The van der Waals surface area contributed by atoms with Crippen molar-refractivity contribution in [2.45, 2.75) is 27.2 Å². The summed E-state index contributed by atoms with van der Waals surface area (Å²) in [7, 11) is 0. The Morgan fingerprint density at radius 2 is 2.00 bits per heavy atom. The Morgan fingerprint density at radius 3 is 2.36 bits per heavy atom. The van der Waals surface area contributed by atoms with E-state index in [1.165, 1.54) is 0 Å². The van der Waals surface area contributed by atoms with Crippen LogP contribution in [0.3, 0.4) is 0 Å². The second kappa shape index (κ2) is 6.18. The zero-order valence-corrected chi connectivity index (χ0v) is 8.74. The summed E-state index contributed by atoms with van der Waals surface area (Å²) < 4.78 is 4.78. The van der Waals surface area contributed by atoms with Crippen molar-refractivity contribution in [1.82, 2.24) is 0 Å². The highest BCUT2D eigenvalue weighted by atomic mass is 16.5. The van der Waals surface area contributed by atoms with E-state index in [4.69, 9.17) is 9.84 Å². The average molecular weight is 200 g/mol. The van der Waals surface area contributed by atoms with Crippen LogP contribution in [0.2, 0.25) is 0 Å². The van der Waals surface area contributed by atoms with Gasteiger partial charge in [0.2, 0.25) is 0 Å². The van der Waals surface area contributed by atoms with Crippen molar-refractivity contribution < 1.29 is 19.4 Å². The van der Waals surface area contributed by atoms with Gasteiger partial charge in [-0.25, -0.2) is 4.79 Å². The predicted molar refractivity (Wildman–Crippen MR) is 51.8 cm³/mol. The normalized spacial score (nSPS) is 11.6. The smallest absolute Gasteiger partial charge is 0.333 e. The van der Waals surface area contributed by atoms with E-state index in [1.807, 2.05) is 13.8 Å². The van der Waals surface area contributed by atoms with Crippen molar-refractivity contribution in [3.05, 3.63) is 11.6 Å². The molecule has 0 spiro atoms. The molecule has 0 saturated carbocycles. The first kappa shape index (κ1) is 12.7. The molecule has 0 bridgehead atoms. The first-order valence-corrected chi connectivity index (χ1v) is 4.54. The number of ether oxygens (including phenoxy) is 1. The molecule has 0 rings (SSSR count). The maximum absolute atomic E-state index is 11.3. The third-order valence-corrected chi connectivity index (χ3v) is 1.72. The number of carboxylic acid groups (broad SMARTS) is 1. The van der Waals surface area contributed by atoms with Gasteiger partial charge in [0.15, 0.2) is 0 Å². The maximum atomic E-state index is 11.3. The van der Waals surface area contributed by atoms with Crippen LogP contribution in [0, 0.1) is 5.92 Å². The molecule has 0 unspecified atom stereocenters. The molecule has 80 valence electrons. The lowest BCUT2D eigenvalue weighted by Gasteiger charge is -2.09. The second-order valence-electron chi connectivity index (χ2n) is 3.18. The minimum Gasteiger partial charge on any atom is -0.481 e. The van der Waals surface area contributed by atoms with Gasteiger partial charge >= 0.3 is 11.9 Å². The molecule has 0 aromatic carbocycles. The largest absolute Gasteiger partial charge is 0.481 e. The summed E-state index contributed by atoms with van der Waals surface area (Å²) in [4.78, 5) is 21.5. The van der Waals surface area contributed by atoms with E-state index in [0.29, 0.717) is 5.57 Å². The molecule has 0 aliphatic rings. The van der Waals surface area contributed by atoms with Crippen LogP contribution in [0.5, 0.6) is 0 Å². The van der Waals surface area contributed by atoms with E-state index < -0.39 is 11.9 Å². The van der Waals surface area contributed by atoms with Crippen molar-refractivity contribution in [3.8, 4) is 0 Å². The number of hydrogen-bond acceptors (Lipinski definition) is 3. The van der Waals surface area contributed by atoms with Crippen LogP contribution >= 0.6 is 0 Å². The molecule has 0 radical (unpaired) electrons. The fourth-order valence-electron chi connectivity index (χ4n) is 1.00. The lowest BCUT2D eigenvalue weighted by molar-refractivity contribution is -0.143. The molecule has 1 N–H and O–H groups in total. The molecule has 0 heterocycles. The van der Waals surface area contributed by atoms with E-state index in [2.05, 4.69) is 0 Å². The molecule has 0 saturated heterocycles. The van der Waals surface area contributed by atoms with E-state index in [1.54, 1.807) is 13.0 Å². The third kappa shape index (κ3) is 4.64. The summed E-state index contributed by atoms with van der Waals surface area (Å²) in [6.45, 7) is 5.45. The molecule has 4 nitrogen and oxygen atoms in total. The van der Waals surface area contributed by atoms with Crippen molar-refractivity contribution in [2.75, 3.05) is 6.61 Å². The summed E-state index contributed by atoms with van der Waals surface area (Å²) in [5, 5.41) is 8.33. The molecule has 0 atom stereocenters. The van der Waals surface area contributed by atoms with Gasteiger partial charge in [0.1, 0.15) is 6.61 Å². The Kier molecular flexibility index (Phi) is 5.60. The quantitative estimate of drug-likeness (QED) is 0.541. The van der Waals surface area contributed by atoms with Crippen LogP contribution in [-0.2, 0) is 14.3 Å². The number of hydrogen-bond donors (Lipinski definition) is 1. The van der Waals surface area contributed by atoms with Crippen LogP contribution < -0.4 is 0 Å². The van der Waals surface area contributed by atoms with Gasteiger partial charge in [0.05, 0.1) is 6.42 Å². The van der Waals surface area contributed by atoms with Gasteiger partial charge in [-0.3, -0.25) is 4.79 Å². The van der Waals surface area contributed by atoms with Crippen LogP contribution in [0.1, 0.15) is 27.2 Å². The summed E-state index contributed by atoms with van der Waals surface area (Å²) in [5.41, 5.74) is 0.579. The van der Waals surface area contributed by atoms with Gasteiger partial charge < -0.3 is 9.84 Å². The zero-order valence-electron chi connectivity index (χ0n) is 8.74. The second-order valence-corrected chi connectivity index (χ2v) is 3.18. The standard InChI is InChI=1S/C10H16O4/c1-4-8(7(2)3)10(13)14-6-5-9(11)12/h4,7H,5-6H2,1-3H3,(H,11,12)/b8-4+. The van der Waals surface area contributed by atoms with E-state index in [0.717, 1.165) is 0 Å². The highest BCUT2D eigenvalue weighted by Gasteiger charge is 2.13. The maximum Gasteiger partial charge on any atom is 0.333 e. The molecule has 0 aliphatic heterocycles. The Morgan fingerprint density at radius 1 is 1.43 bits per heavy atom. The molecule has 14 heavy (non-hydrogen) atoms. The molecule has 0 fully saturated rings. The SMILES string of the molecule is C/C=C(/C(=O)OCCC(=O)O)C(C)C. The van der Waals surface area contributed by atoms with Gasteiger partial charge in [0.25, 0.3) is 0 Å². The van der Waals surface area contributed by atoms with E-state index >= 15 is 0 Å². The van der Waals surface area contributed by atoms with Crippen LogP contribution in [-0.4, -0.2) is 23.7 Å². The van der Waals surface area contributed by atoms with E-state index in [9.17, 15) is 9.59 Å². The number of esters is 1. The Balaban J connectivity index is 4.01. The number of allylic oxidation sites excluding steroid dienone is 1. The van der Waals surface area contributed by atoms with Crippen LogP contribution in [0.25, 0.3) is 0 Å². The average Bonchev–Trinajstić information content (AvgIpc) is 2.03. The van der Waals surface area contributed by atoms with Crippen LogP contribution in [0.4, 0.5) is 0 Å². The fourth-order valence-corrected chi connectivity index (χ4v) is 1.00. The predicted octanol–water partition coefficient (Wildman–Crippen LogP) is 1.61. The number of carbonyl (C=O) groups excluding carboxylic acids is 1. The highest BCUT2D eigenvalue weighted by molar-refractivity contribution is 5.88. The van der Waals surface area contributed by atoms with Crippen LogP contribution in [0.15, 0.2) is 11.6 Å². The summed E-state index contributed by atoms with van der Waals surface area (Å²) in [5.74, 6) is -1.30. The topological polar surface area (TPSA) is 63.6 Å². The van der Waals surface area contributed by atoms with Crippen molar-refractivity contribution in [3.63, 3.8) is 0 Å². The highest BCUT2D eigenvalue weighted by Crippen LogP contribution is 2.11. The molecule has 4 heteroatoms. The number of aliphatic carboxylic acids is 1. The van der Waals surface area contributed by atoms with E-state index in [-0.39, 0.29) is 18.9 Å². The summed E-state index contributed by atoms with van der Waals surface area (Å²) in [6.07, 6.45) is 1.54. The Bertz CT molecular complexity index is 241. The monoisotopic (exact) mass is 200 g/mol. The van der Waals surface area contributed by atoms with Gasteiger partial charge in [-0.05, 0) is 12.8 Å². The van der Waals surface area contributed by atoms with Gasteiger partial charge in [-0.15, -0.1) is 0 Å². The minimum atomic E-state index is -0.968. The molecule has 0 aliphatic carbocycles. The summed E-state index contributed by atoms with van der Waals surface area (Å²) in [6, 6.07) is 0. The van der Waals surface area contributed by atoms with Gasteiger partial charge in [-0.1, -0.05) is 19.9 Å². The van der Waals surface area contributed by atoms with Crippen molar-refractivity contribution in [2.24, 2.45) is 5.92 Å².